The van der Waals surface area contributed by atoms with Crippen LogP contribution < -0.4 is 0 Å². The van der Waals surface area contributed by atoms with Gasteiger partial charge in [-0.05, 0) is 121 Å². The molecule has 46 heavy (non-hydrogen) atoms. The number of aliphatic hydroxyl groups is 2. The van der Waals surface area contributed by atoms with Crippen LogP contribution in [0.2, 0.25) is 0 Å². The summed E-state index contributed by atoms with van der Waals surface area (Å²) in [5, 5.41) is 42.9. The number of fused-ring (bicyclic) bond motifs is 7. The summed E-state index contributed by atoms with van der Waals surface area (Å²) in [7, 11) is 0. The number of esters is 1. The Kier molecular flexibility index (Phi) is 7.92. The molecule has 4 saturated carbocycles. The van der Waals surface area contributed by atoms with E-state index in [0.717, 1.165) is 50.5 Å². The highest BCUT2D eigenvalue weighted by molar-refractivity contribution is 5.87. The standard InChI is InChI=1S/C39H54O7/c1-34(2)17-19-39(33(44)45)20-18-37(5)26(27(39)21-34)12-13-30-35(3)22-28(42)32(36(4,23-40)29(35)15-16-38(30,37)6)46-31(43)14-9-24-7-10-25(41)11-8-24/h7-12,14,27-30,32,40-42H,13,15-23H2,1-6H3,(H,44,45)/t27-,28+,29+,30+,32-,35-,36-,37+,38+,39-/m0/s1. The number of rotatable bonds is 5. The van der Waals surface area contributed by atoms with Crippen molar-refractivity contribution in [1.29, 1.82) is 0 Å². The van der Waals surface area contributed by atoms with Crippen molar-refractivity contribution in [3.8, 4) is 5.75 Å². The molecule has 4 N–H and O–H groups in total. The summed E-state index contributed by atoms with van der Waals surface area (Å²) >= 11 is 0. The third kappa shape index (κ3) is 4.73. The van der Waals surface area contributed by atoms with E-state index in [1.807, 2.05) is 6.92 Å². The average molecular weight is 635 g/mol. The smallest absolute Gasteiger partial charge is 0.331 e. The molecule has 0 saturated heterocycles. The van der Waals surface area contributed by atoms with Gasteiger partial charge in [-0.1, -0.05) is 65.3 Å². The van der Waals surface area contributed by atoms with Gasteiger partial charge >= 0.3 is 11.9 Å². The number of carbonyl (C=O) groups excluding carboxylic acids is 1. The highest BCUT2D eigenvalue weighted by Gasteiger charge is 2.71. The lowest BCUT2D eigenvalue weighted by Crippen LogP contribution is -2.68. The van der Waals surface area contributed by atoms with Gasteiger partial charge in [0.15, 0.2) is 0 Å². The summed E-state index contributed by atoms with van der Waals surface area (Å²) in [5.74, 6) is -0.769. The lowest BCUT2D eigenvalue weighted by atomic mass is 9.33. The molecule has 0 radical (unpaired) electrons. The van der Waals surface area contributed by atoms with Gasteiger partial charge in [-0.25, -0.2) is 4.79 Å². The van der Waals surface area contributed by atoms with Crippen LogP contribution in [0.3, 0.4) is 0 Å². The number of carbonyl (C=O) groups is 2. The highest BCUT2D eigenvalue weighted by atomic mass is 16.6. The molecule has 10 atom stereocenters. The van der Waals surface area contributed by atoms with Crippen LogP contribution in [-0.4, -0.2) is 51.2 Å². The Morgan fingerprint density at radius 2 is 1.61 bits per heavy atom. The summed E-state index contributed by atoms with van der Waals surface area (Å²) < 4.78 is 5.98. The fourth-order valence-corrected chi connectivity index (χ4v) is 11.9. The second kappa shape index (κ2) is 10.9. The molecule has 0 spiro atoms. The third-order valence-corrected chi connectivity index (χ3v) is 14.7. The Bertz CT molecular complexity index is 1440. The van der Waals surface area contributed by atoms with Gasteiger partial charge in [0.1, 0.15) is 11.9 Å². The van der Waals surface area contributed by atoms with E-state index >= 15 is 0 Å². The SMILES string of the molecule is CC1(C)CC[C@]2(C(=O)O)CC[C@]3(C)C(=CC[C@@H]4[C@@]5(C)C[C@@H](O)[C@H](OC(=O)C=Cc6ccc(O)cc6)[C@@](C)(CO)[C@@H]5CC[C@]43C)[C@@H]2C1. The number of hydrogen-bond acceptors (Lipinski definition) is 6. The van der Waals surface area contributed by atoms with Crippen molar-refractivity contribution in [3.63, 3.8) is 0 Å². The molecule has 5 aliphatic carbocycles. The van der Waals surface area contributed by atoms with Gasteiger partial charge in [-0.15, -0.1) is 0 Å². The number of phenolic OH excluding ortho intramolecular Hbond substituents is 1. The quantitative estimate of drug-likeness (QED) is 0.154. The topological polar surface area (TPSA) is 124 Å². The van der Waals surface area contributed by atoms with E-state index in [1.165, 1.54) is 11.6 Å². The monoisotopic (exact) mass is 634 g/mol. The van der Waals surface area contributed by atoms with Gasteiger partial charge in [0.2, 0.25) is 0 Å². The van der Waals surface area contributed by atoms with Crippen LogP contribution in [0.15, 0.2) is 42.0 Å². The van der Waals surface area contributed by atoms with Crippen LogP contribution in [-0.2, 0) is 14.3 Å². The van der Waals surface area contributed by atoms with Crippen molar-refractivity contribution in [1.82, 2.24) is 0 Å². The lowest BCUT2D eigenvalue weighted by molar-refractivity contribution is -0.249. The first kappa shape index (κ1) is 33.3. The molecule has 5 aliphatic rings. The zero-order chi connectivity index (χ0) is 33.5. The van der Waals surface area contributed by atoms with E-state index in [-0.39, 0.29) is 51.8 Å². The molecule has 7 nitrogen and oxygen atoms in total. The summed E-state index contributed by atoms with van der Waals surface area (Å²) in [6, 6.07) is 6.49. The second-order valence-corrected chi connectivity index (χ2v) is 17.4. The van der Waals surface area contributed by atoms with Crippen LogP contribution in [0, 0.1) is 50.2 Å². The van der Waals surface area contributed by atoms with Crippen LogP contribution >= 0.6 is 0 Å². The first-order valence-electron chi connectivity index (χ1n) is 17.4. The molecular weight excluding hydrogens is 580 g/mol. The molecule has 6 rings (SSSR count). The van der Waals surface area contributed by atoms with Crippen molar-refractivity contribution in [2.45, 2.75) is 112 Å². The van der Waals surface area contributed by atoms with Gasteiger partial charge in [-0.2, -0.15) is 0 Å². The van der Waals surface area contributed by atoms with Crippen LogP contribution in [0.1, 0.15) is 105 Å². The van der Waals surface area contributed by atoms with Gasteiger partial charge < -0.3 is 25.2 Å². The van der Waals surface area contributed by atoms with Crippen molar-refractivity contribution in [2.24, 2.45) is 50.2 Å². The van der Waals surface area contributed by atoms with Gasteiger partial charge in [0.25, 0.3) is 0 Å². The summed E-state index contributed by atoms with van der Waals surface area (Å²) in [6.45, 7) is 13.5. The molecule has 4 fully saturated rings. The molecule has 252 valence electrons. The fourth-order valence-electron chi connectivity index (χ4n) is 11.9. The Morgan fingerprint density at radius 3 is 2.26 bits per heavy atom. The summed E-state index contributed by atoms with van der Waals surface area (Å²) in [4.78, 5) is 26.0. The Morgan fingerprint density at radius 1 is 0.935 bits per heavy atom. The predicted molar refractivity (Wildman–Crippen MR) is 176 cm³/mol. The van der Waals surface area contributed by atoms with Gasteiger partial charge in [0, 0.05) is 11.5 Å². The van der Waals surface area contributed by atoms with Crippen molar-refractivity contribution >= 4 is 18.0 Å². The second-order valence-electron chi connectivity index (χ2n) is 17.4. The van der Waals surface area contributed by atoms with E-state index in [1.54, 1.807) is 30.3 Å². The highest BCUT2D eigenvalue weighted by Crippen LogP contribution is 2.75. The molecule has 7 heteroatoms. The third-order valence-electron chi connectivity index (χ3n) is 14.7. The largest absolute Gasteiger partial charge is 0.508 e. The number of benzene rings is 1. The van der Waals surface area contributed by atoms with Crippen molar-refractivity contribution in [2.75, 3.05) is 6.61 Å². The number of aliphatic carboxylic acids is 1. The normalized spacial score (nSPS) is 44.6. The number of carboxylic acids is 1. The lowest BCUT2D eigenvalue weighted by Gasteiger charge is -2.71. The maximum Gasteiger partial charge on any atom is 0.331 e. The molecule has 0 unspecified atom stereocenters. The Hall–Kier alpha value is -2.64. The van der Waals surface area contributed by atoms with Crippen LogP contribution in [0.4, 0.5) is 0 Å². The molecule has 0 amide bonds. The zero-order valence-corrected chi connectivity index (χ0v) is 28.5. The van der Waals surface area contributed by atoms with Crippen molar-refractivity contribution < 1.29 is 34.8 Å². The molecule has 0 aromatic heterocycles. The number of aromatic hydroxyl groups is 1. The van der Waals surface area contributed by atoms with E-state index in [4.69, 9.17) is 4.74 Å². The van der Waals surface area contributed by atoms with Crippen LogP contribution in [0.5, 0.6) is 5.75 Å². The minimum Gasteiger partial charge on any atom is -0.508 e. The van der Waals surface area contributed by atoms with E-state index in [0.29, 0.717) is 12.8 Å². The fraction of sp³-hybridized carbons (Fsp3) is 0.692. The summed E-state index contributed by atoms with van der Waals surface area (Å²) in [6.07, 6.45) is 10.8. The van der Waals surface area contributed by atoms with E-state index < -0.39 is 35.0 Å². The minimum atomic E-state index is -0.935. The summed E-state index contributed by atoms with van der Waals surface area (Å²) in [5.41, 5.74) is 0.128. The van der Waals surface area contributed by atoms with Gasteiger partial charge in [-0.3, -0.25) is 4.79 Å². The molecular formula is C39H54O7. The molecule has 0 heterocycles. The number of ether oxygens (including phenoxy) is 1. The van der Waals surface area contributed by atoms with Crippen molar-refractivity contribution in [3.05, 3.63) is 47.6 Å². The first-order valence-corrected chi connectivity index (χ1v) is 17.4. The number of carboxylic acid groups (broad SMARTS) is 1. The minimum absolute atomic E-state index is 0.0271. The Balaban J connectivity index is 1.31. The zero-order valence-electron chi connectivity index (χ0n) is 28.5. The van der Waals surface area contributed by atoms with Crippen LogP contribution in [0.25, 0.3) is 6.08 Å². The average Bonchev–Trinajstić information content (AvgIpc) is 2.98. The molecule has 0 bridgehead atoms. The number of phenols is 1. The van der Waals surface area contributed by atoms with E-state index in [2.05, 4.69) is 40.7 Å². The molecule has 1 aromatic rings. The number of hydrogen-bond donors (Lipinski definition) is 4. The Labute approximate surface area is 274 Å². The predicted octanol–water partition coefficient (Wildman–Crippen LogP) is 7.15. The maximum atomic E-state index is 13.1. The first-order chi connectivity index (χ1) is 21.5. The number of aliphatic hydroxyl groups excluding tert-OH is 2. The number of allylic oxidation sites excluding steroid dienone is 2. The van der Waals surface area contributed by atoms with Gasteiger partial charge in [0.05, 0.1) is 18.1 Å². The van der Waals surface area contributed by atoms with E-state index in [9.17, 15) is 30.0 Å². The maximum absolute atomic E-state index is 13.1. The molecule has 0 aliphatic heterocycles. The molecule has 1 aromatic carbocycles.